The minimum Gasteiger partial charge on any atom is -0.353 e. The van der Waals surface area contributed by atoms with E-state index < -0.39 is 0 Å². The fraction of sp³-hybridized carbons (Fsp3) is 0.400. The Morgan fingerprint density at radius 3 is 2.48 bits per heavy atom. The van der Waals surface area contributed by atoms with E-state index in [9.17, 15) is 4.79 Å². The normalized spacial score (nSPS) is 16.2. The van der Waals surface area contributed by atoms with Crippen LogP contribution >= 0.6 is 0 Å². The first-order chi connectivity index (χ1) is 15.2. The molecule has 3 aromatic rings. The molecule has 31 heavy (non-hydrogen) atoms. The summed E-state index contributed by atoms with van der Waals surface area (Å²) in [4.78, 5) is 19.5. The zero-order valence-electron chi connectivity index (χ0n) is 18.0. The molecule has 0 radical (unpaired) electrons. The number of benzene rings is 2. The minimum atomic E-state index is 0.0815. The lowest BCUT2D eigenvalue weighted by atomic mass is 9.95. The molecule has 0 spiro atoms. The quantitative estimate of drug-likeness (QED) is 0.597. The molecule has 0 unspecified atom stereocenters. The van der Waals surface area contributed by atoms with Crippen LogP contribution in [0.15, 0.2) is 65.2 Å². The van der Waals surface area contributed by atoms with Gasteiger partial charge in [-0.3, -0.25) is 9.69 Å². The van der Waals surface area contributed by atoms with E-state index in [0.29, 0.717) is 18.3 Å². The maximum atomic E-state index is 12.7. The van der Waals surface area contributed by atoms with Crippen molar-refractivity contribution in [1.82, 2.24) is 20.4 Å². The molecular formula is C25H30N4O2. The van der Waals surface area contributed by atoms with Crippen LogP contribution in [0.5, 0.6) is 0 Å². The first-order valence-corrected chi connectivity index (χ1v) is 11.1. The third-order valence-corrected chi connectivity index (χ3v) is 5.91. The number of aromatic nitrogens is 2. The summed E-state index contributed by atoms with van der Waals surface area (Å²) >= 11 is 0. The topological polar surface area (TPSA) is 71.3 Å². The van der Waals surface area contributed by atoms with Crippen molar-refractivity contribution in [2.75, 3.05) is 13.1 Å². The number of rotatable bonds is 8. The highest BCUT2D eigenvalue weighted by atomic mass is 16.5. The van der Waals surface area contributed by atoms with E-state index >= 15 is 0 Å². The second-order valence-corrected chi connectivity index (χ2v) is 8.36. The maximum absolute atomic E-state index is 12.7. The van der Waals surface area contributed by atoms with Crippen molar-refractivity contribution in [2.24, 2.45) is 5.92 Å². The van der Waals surface area contributed by atoms with Crippen molar-refractivity contribution in [1.29, 1.82) is 0 Å². The van der Waals surface area contributed by atoms with Gasteiger partial charge in [0.25, 0.3) is 0 Å². The van der Waals surface area contributed by atoms with Gasteiger partial charge in [0.05, 0.1) is 6.54 Å². The second-order valence-electron chi connectivity index (χ2n) is 8.36. The molecule has 1 aliphatic heterocycles. The summed E-state index contributed by atoms with van der Waals surface area (Å²) in [5, 5.41) is 7.30. The Morgan fingerprint density at radius 2 is 1.77 bits per heavy atom. The lowest BCUT2D eigenvalue weighted by molar-refractivity contribution is -0.127. The van der Waals surface area contributed by atoms with Crippen LogP contribution in [0.1, 0.15) is 37.6 Å². The Bertz CT molecular complexity index is 950. The Hall–Kier alpha value is -2.99. The number of likely N-dealkylation sites (tertiary alicyclic amines) is 1. The minimum absolute atomic E-state index is 0.0815. The number of nitrogens with one attached hydrogen (secondary N) is 1. The van der Waals surface area contributed by atoms with Crippen molar-refractivity contribution in [3.63, 3.8) is 0 Å². The van der Waals surface area contributed by atoms with Gasteiger partial charge >= 0.3 is 0 Å². The molecule has 0 aliphatic carbocycles. The Balaban J connectivity index is 1.19. The van der Waals surface area contributed by atoms with Crippen molar-refractivity contribution >= 4 is 5.91 Å². The van der Waals surface area contributed by atoms with Gasteiger partial charge in [0.1, 0.15) is 0 Å². The van der Waals surface area contributed by atoms with Crippen LogP contribution in [0.2, 0.25) is 0 Å². The summed E-state index contributed by atoms with van der Waals surface area (Å²) < 4.78 is 5.43. The average molecular weight is 419 g/mol. The van der Waals surface area contributed by atoms with Gasteiger partial charge in [-0.2, -0.15) is 4.98 Å². The highest BCUT2D eigenvalue weighted by Crippen LogP contribution is 2.21. The monoisotopic (exact) mass is 418 g/mol. The lowest BCUT2D eigenvalue weighted by Gasteiger charge is -2.30. The summed E-state index contributed by atoms with van der Waals surface area (Å²) in [5.41, 5.74) is 2.27. The van der Waals surface area contributed by atoms with Gasteiger partial charge < -0.3 is 9.84 Å². The molecule has 1 fully saturated rings. The van der Waals surface area contributed by atoms with Gasteiger partial charge in [-0.25, -0.2) is 0 Å². The maximum Gasteiger partial charge on any atom is 0.241 e. The largest absolute Gasteiger partial charge is 0.353 e. The van der Waals surface area contributed by atoms with Crippen molar-refractivity contribution in [3.05, 3.63) is 72.1 Å². The van der Waals surface area contributed by atoms with Crippen LogP contribution in [0.4, 0.5) is 0 Å². The third kappa shape index (κ3) is 6.01. The van der Waals surface area contributed by atoms with Gasteiger partial charge in [0.15, 0.2) is 0 Å². The second kappa shape index (κ2) is 10.4. The molecule has 162 valence electrons. The van der Waals surface area contributed by atoms with E-state index in [2.05, 4.69) is 51.5 Å². The van der Waals surface area contributed by atoms with E-state index in [1.165, 1.54) is 5.56 Å². The van der Waals surface area contributed by atoms with E-state index in [1.54, 1.807) is 0 Å². The summed E-state index contributed by atoms with van der Waals surface area (Å²) in [6, 6.07) is 20.4. The number of carbonyl (C=O) groups excluding carboxylic acids is 1. The Labute approximate surface area is 183 Å². The van der Waals surface area contributed by atoms with Crippen LogP contribution in [-0.4, -0.2) is 40.1 Å². The van der Waals surface area contributed by atoms with Gasteiger partial charge in [-0.1, -0.05) is 65.8 Å². The number of carbonyl (C=O) groups is 1. The molecule has 1 saturated heterocycles. The van der Waals surface area contributed by atoms with Crippen molar-refractivity contribution < 1.29 is 9.32 Å². The Kier molecular flexibility index (Phi) is 7.10. The number of nitrogens with zero attached hydrogens (tertiary/aromatic N) is 3. The van der Waals surface area contributed by atoms with Crippen LogP contribution in [0.25, 0.3) is 11.4 Å². The molecule has 1 aliphatic rings. The lowest BCUT2D eigenvalue weighted by Crippen LogP contribution is -2.43. The fourth-order valence-electron chi connectivity index (χ4n) is 4.03. The van der Waals surface area contributed by atoms with Gasteiger partial charge in [0.2, 0.25) is 17.6 Å². The van der Waals surface area contributed by atoms with Gasteiger partial charge in [0, 0.05) is 17.5 Å². The number of amides is 1. The molecular weight excluding hydrogens is 388 g/mol. The highest BCUT2D eigenvalue weighted by molar-refractivity contribution is 5.79. The molecule has 0 bridgehead atoms. The van der Waals surface area contributed by atoms with Crippen LogP contribution < -0.4 is 5.32 Å². The summed E-state index contributed by atoms with van der Waals surface area (Å²) in [6.07, 6.45) is 3.65. The zero-order chi connectivity index (χ0) is 21.5. The van der Waals surface area contributed by atoms with Crippen LogP contribution in [-0.2, 0) is 17.8 Å². The molecule has 6 nitrogen and oxygen atoms in total. The smallest absolute Gasteiger partial charge is 0.241 e. The number of piperidine rings is 1. The SMILES string of the molecule is C[C@@H](CCc1ccccc1)NC(=O)C1CCN(Cc2nc(-c3ccccc3)no2)CC1. The molecule has 0 saturated carbocycles. The molecule has 2 heterocycles. The Morgan fingerprint density at radius 1 is 1.10 bits per heavy atom. The van der Waals surface area contributed by atoms with E-state index in [0.717, 1.165) is 44.3 Å². The molecule has 1 atom stereocenters. The van der Waals surface area contributed by atoms with Crippen molar-refractivity contribution in [2.45, 2.75) is 45.2 Å². The van der Waals surface area contributed by atoms with Crippen LogP contribution in [0, 0.1) is 5.92 Å². The number of hydrogen-bond donors (Lipinski definition) is 1. The summed E-state index contributed by atoms with van der Waals surface area (Å²) in [5.74, 6) is 1.51. The predicted octanol–water partition coefficient (Wildman–Crippen LogP) is 4.09. The highest BCUT2D eigenvalue weighted by Gasteiger charge is 2.26. The van der Waals surface area contributed by atoms with Gasteiger partial charge in [-0.05, 0) is 51.3 Å². The number of aryl methyl sites for hydroxylation is 1. The fourth-order valence-corrected chi connectivity index (χ4v) is 4.03. The van der Waals surface area contributed by atoms with Gasteiger partial charge in [-0.15, -0.1) is 0 Å². The first-order valence-electron chi connectivity index (χ1n) is 11.1. The average Bonchev–Trinajstić information content (AvgIpc) is 3.28. The molecule has 1 aromatic heterocycles. The van der Waals surface area contributed by atoms with E-state index in [-0.39, 0.29) is 17.9 Å². The predicted molar refractivity (Wildman–Crippen MR) is 120 cm³/mol. The zero-order valence-corrected chi connectivity index (χ0v) is 18.0. The van der Waals surface area contributed by atoms with E-state index in [4.69, 9.17) is 4.52 Å². The van der Waals surface area contributed by atoms with Crippen molar-refractivity contribution in [3.8, 4) is 11.4 Å². The summed E-state index contributed by atoms with van der Waals surface area (Å²) in [7, 11) is 0. The first kappa shape index (κ1) is 21.2. The van der Waals surface area contributed by atoms with E-state index in [1.807, 2.05) is 36.4 Å². The molecule has 6 heteroatoms. The van der Waals surface area contributed by atoms with Crippen LogP contribution in [0.3, 0.4) is 0 Å². The molecule has 1 amide bonds. The third-order valence-electron chi connectivity index (χ3n) is 5.91. The number of hydrogen-bond acceptors (Lipinski definition) is 5. The standard InChI is InChI=1S/C25H30N4O2/c1-19(12-13-20-8-4-2-5-9-20)26-25(30)22-14-16-29(17-15-22)18-23-27-24(28-31-23)21-10-6-3-7-11-21/h2-11,19,22H,12-18H2,1H3,(H,26,30)/t19-/m0/s1. The molecule has 4 rings (SSSR count). The molecule has 1 N–H and O–H groups in total. The summed E-state index contributed by atoms with van der Waals surface area (Å²) in [6.45, 7) is 4.44. The molecule has 2 aromatic carbocycles.